The monoisotopic (exact) mass is 383 g/mol. The van der Waals surface area contributed by atoms with Crippen molar-refractivity contribution < 1.29 is 9.53 Å². The molecule has 0 saturated carbocycles. The third-order valence-corrected chi connectivity index (χ3v) is 4.30. The first-order chi connectivity index (χ1) is 10.7. The average Bonchev–Trinajstić information content (AvgIpc) is 2.96. The first-order valence-electron chi connectivity index (χ1n) is 7.53. The van der Waals surface area contributed by atoms with Crippen molar-refractivity contribution in [2.24, 2.45) is 0 Å². The molecular formula is C15H22BrN5O2. The molecule has 0 aliphatic carbocycles. The lowest BCUT2D eigenvalue weighted by atomic mass is 10.2. The molecule has 2 atom stereocenters. The maximum atomic E-state index is 12.3. The molecule has 126 valence electrons. The van der Waals surface area contributed by atoms with Crippen LogP contribution in [0, 0.1) is 11.3 Å². The van der Waals surface area contributed by atoms with Gasteiger partial charge in [-0.05, 0) is 50.0 Å². The number of likely N-dealkylation sites (tertiary alicyclic amines) is 1. The van der Waals surface area contributed by atoms with Crippen LogP contribution in [0.2, 0.25) is 0 Å². The van der Waals surface area contributed by atoms with Crippen LogP contribution in [-0.2, 0) is 4.74 Å². The van der Waals surface area contributed by atoms with Crippen molar-refractivity contribution in [3.8, 4) is 6.07 Å². The maximum Gasteiger partial charge on any atom is 0.410 e. The molecule has 2 heterocycles. The quantitative estimate of drug-likeness (QED) is 0.847. The van der Waals surface area contributed by atoms with Crippen molar-refractivity contribution in [1.82, 2.24) is 14.7 Å². The number of hydrogen-bond acceptors (Lipinski definition) is 5. The van der Waals surface area contributed by atoms with Gasteiger partial charge < -0.3 is 15.0 Å². The Morgan fingerprint density at radius 2 is 2.17 bits per heavy atom. The van der Waals surface area contributed by atoms with Gasteiger partial charge >= 0.3 is 6.09 Å². The van der Waals surface area contributed by atoms with Gasteiger partial charge in [0.25, 0.3) is 0 Å². The largest absolute Gasteiger partial charge is 0.444 e. The summed E-state index contributed by atoms with van der Waals surface area (Å²) in [5, 5.41) is 16.7. The zero-order valence-corrected chi connectivity index (χ0v) is 15.6. The number of nitriles is 1. The normalized spacial score (nSPS) is 21.2. The van der Waals surface area contributed by atoms with Crippen molar-refractivity contribution in [2.45, 2.75) is 51.8 Å². The van der Waals surface area contributed by atoms with Gasteiger partial charge in [-0.15, -0.1) is 0 Å². The highest BCUT2D eigenvalue weighted by molar-refractivity contribution is 9.10. The molecule has 2 rings (SSSR count). The molecular weight excluding hydrogens is 362 g/mol. The van der Waals surface area contributed by atoms with Crippen LogP contribution in [0.15, 0.2) is 4.60 Å². The van der Waals surface area contributed by atoms with Gasteiger partial charge in [0.2, 0.25) is 0 Å². The topological polar surface area (TPSA) is 83.2 Å². The van der Waals surface area contributed by atoms with E-state index in [-0.39, 0.29) is 18.2 Å². The Morgan fingerprint density at radius 3 is 2.70 bits per heavy atom. The third-order valence-electron chi connectivity index (χ3n) is 3.74. The van der Waals surface area contributed by atoms with Crippen molar-refractivity contribution >= 4 is 27.8 Å². The standard InChI is InChI=1S/C15H22BrN5O2/c1-9-6-10(8-20(9)14(22)23-15(2,3)4)21-13(18-5)11(7-17)12(16)19-21/h9-10,18H,6,8H2,1-5H3/t9-,10?/m0/s1. The average molecular weight is 384 g/mol. The fourth-order valence-corrected chi connectivity index (χ4v) is 3.21. The van der Waals surface area contributed by atoms with E-state index in [0.717, 1.165) is 6.42 Å². The van der Waals surface area contributed by atoms with E-state index in [4.69, 9.17) is 4.74 Å². The SMILES string of the molecule is CNc1c(C#N)c(Br)nn1C1C[C@H](C)N(C(=O)OC(C)(C)C)C1. The van der Waals surface area contributed by atoms with Crippen LogP contribution < -0.4 is 5.32 Å². The first-order valence-corrected chi connectivity index (χ1v) is 8.32. The molecule has 1 saturated heterocycles. The van der Waals surface area contributed by atoms with Crippen LogP contribution in [-0.4, -0.2) is 46.0 Å². The minimum absolute atomic E-state index is 0.00151. The van der Waals surface area contributed by atoms with Crippen molar-refractivity contribution in [3.05, 3.63) is 10.2 Å². The second-order valence-corrected chi connectivity index (χ2v) is 7.44. The van der Waals surface area contributed by atoms with E-state index in [1.807, 2.05) is 27.7 Å². The zero-order chi connectivity index (χ0) is 17.4. The summed E-state index contributed by atoms with van der Waals surface area (Å²) >= 11 is 3.32. The Bertz CT molecular complexity index is 644. The van der Waals surface area contributed by atoms with Gasteiger partial charge in [-0.2, -0.15) is 10.4 Å². The summed E-state index contributed by atoms with van der Waals surface area (Å²) in [6, 6.07) is 2.18. The Balaban J connectivity index is 2.22. The summed E-state index contributed by atoms with van der Waals surface area (Å²) < 4.78 is 7.75. The Hall–Kier alpha value is -1.75. The maximum absolute atomic E-state index is 12.3. The van der Waals surface area contributed by atoms with Gasteiger partial charge in [0.05, 0.1) is 6.04 Å². The molecule has 1 N–H and O–H groups in total. The number of carbonyl (C=O) groups is 1. The van der Waals surface area contributed by atoms with E-state index in [1.54, 1.807) is 16.6 Å². The highest BCUT2D eigenvalue weighted by atomic mass is 79.9. The molecule has 1 aliphatic heterocycles. The lowest BCUT2D eigenvalue weighted by molar-refractivity contribution is 0.0234. The lowest BCUT2D eigenvalue weighted by Crippen LogP contribution is -2.39. The summed E-state index contributed by atoms with van der Waals surface area (Å²) in [7, 11) is 1.75. The number of anilines is 1. The van der Waals surface area contributed by atoms with E-state index in [2.05, 4.69) is 32.4 Å². The molecule has 0 spiro atoms. The number of nitrogens with zero attached hydrogens (tertiary/aromatic N) is 4. The number of aromatic nitrogens is 2. The van der Waals surface area contributed by atoms with Gasteiger partial charge in [-0.3, -0.25) is 0 Å². The van der Waals surface area contributed by atoms with Gasteiger partial charge in [-0.25, -0.2) is 9.48 Å². The molecule has 1 aromatic rings. The summed E-state index contributed by atoms with van der Waals surface area (Å²) in [6.45, 7) is 8.06. The highest BCUT2D eigenvalue weighted by Crippen LogP contribution is 2.33. The molecule has 0 bridgehead atoms. The van der Waals surface area contributed by atoms with E-state index in [1.165, 1.54) is 0 Å². The Morgan fingerprint density at radius 1 is 1.52 bits per heavy atom. The van der Waals surface area contributed by atoms with E-state index in [9.17, 15) is 10.1 Å². The van der Waals surface area contributed by atoms with Crippen molar-refractivity contribution in [3.63, 3.8) is 0 Å². The second-order valence-electron chi connectivity index (χ2n) is 6.69. The molecule has 0 aromatic carbocycles. The van der Waals surface area contributed by atoms with Crippen LogP contribution >= 0.6 is 15.9 Å². The highest BCUT2D eigenvalue weighted by Gasteiger charge is 2.37. The second kappa shape index (κ2) is 6.40. The van der Waals surface area contributed by atoms with Gasteiger partial charge in [0.15, 0.2) is 0 Å². The lowest BCUT2D eigenvalue weighted by Gasteiger charge is -2.26. The molecule has 1 unspecified atom stereocenters. The van der Waals surface area contributed by atoms with Crippen molar-refractivity contribution in [2.75, 3.05) is 18.9 Å². The number of carbonyl (C=O) groups excluding carboxylic acids is 1. The van der Waals surface area contributed by atoms with Gasteiger partial charge in [0.1, 0.15) is 27.7 Å². The third kappa shape index (κ3) is 3.61. The number of hydrogen-bond donors (Lipinski definition) is 1. The number of ether oxygens (including phenoxy) is 1. The predicted molar refractivity (Wildman–Crippen MR) is 90.2 cm³/mol. The Labute approximate surface area is 144 Å². The number of halogens is 1. The summed E-state index contributed by atoms with van der Waals surface area (Å²) in [5.74, 6) is 0.655. The molecule has 1 aliphatic rings. The molecule has 0 radical (unpaired) electrons. The molecule has 8 heteroatoms. The first kappa shape index (κ1) is 17.6. The molecule has 1 aromatic heterocycles. The van der Waals surface area contributed by atoms with Gasteiger partial charge in [-0.1, -0.05) is 0 Å². The number of nitrogens with one attached hydrogen (secondary N) is 1. The molecule has 7 nitrogen and oxygen atoms in total. The fraction of sp³-hybridized carbons (Fsp3) is 0.667. The summed E-state index contributed by atoms with van der Waals surface area (Å²) in [5.41, 5.74) is -0.0517. The van der Waals surface area contributed by atoms with E-state index in [0.29, 0.717) is 22.5 Å². The van der Waals surface area contributed by atoms with Gasteiger partial charge in [0, 0.05) is 19.6 Å². The Kier molecular flexibility index (Phi) is 4.90. The van der Waals surface area contributed by atoms with Crippen molar-refractivity contribution in [1.29, 1.82) is 5.26 Å². The number of rotatable bonds is 2. The van der Waals surface area contributed by atoms with Crippen LogP contribution in [0.4, 0.5) is 10.6 Å². The van der Waals surface area contributed by atoms with E-state index < -0.39 is 5.60 Å². The number of amides is 1. The zero-order valence-electron chi connectivity index (χ0n) is 14.1. The fourth-order valence-electron chi connectivity index (χ4n) is 2.76. The predicted octanol–water partition coefficient (Wildman–Crippen LogP) is 3.13. The molecule has 1 fully saturated rings. The smallest absolute Gasteiger partial charge is 0.410 e. The summed E-state index contributed by atoms with van der Waals surface area (Å²) in [6.07, 6.45) is 0.442. The minimum Gasteiger partial charge on any atom is -0.444 e. The van der Waals surface area contributed by atoms with E-state index >= 15 is 0 Å². The van der Waals surface area contributed by atoms with Crippen LogP contribution in [0.1, 0.15) is 45.7 Å². The van der Waals surface area contributed by atoms with Crippen LogP contribution in [0.3, 0.4) is 0 Å². The van der Waals surface area contributed by atoms with Crippen LogP contribution in [0.25, 0.3) is 0 Å². The molecule has 1 amide bonds. The molecule has 23 heavy (non-hydrogen) atoms. The van der Waals surface area contributed by atoms with Crippen LogP contribution in [0.5, 0.6) is 0 Å². The minimum atomic E-state index is -0.520. The summed E-state index contributed by atoms with van der Waals surface area (Å²) in [4.78, 5) is 14.0.